The monoisotopic (exact) mass is 289 g/mol. The molecule has 0 spiro atoms. The van der Waals surface area contributed by atoms with E-state index in [9.17, 15) is 0 Å². The molecule has 0 aliphatic carbocycles. The number of rotatable bonds is 3. The van der Waals surface area contributed by atoms with Crippen LogP contribution in [0.1, 0.15) is 56.1 Å². The average Bonchev–Trinajstić information content (AvgIpc) is 3.08. The zero-order valence-corrected chi connectivity index (χ0v) is 13.3. The first kappa shape index (κ1) is 13.8. The lowest BCUT2D eigenvalue weighted by Crippen LogP contribution is -2.23. The van der Waals surface area contributed by atoms with Crippen LogP contribution in [0.4, 0.5) is 0 Å². The van der Waals surface area contributed by atoms with E-state index in [2.05, 4.69) is 48.2 Å². The van der Waals surface area contributed by atoms with Gasteiger partial charge in [-0.1, -0.05) is 20.8 Å². The summed E-state index contributed by atoms with van der Waals surface area (Å²) in [7, 11) is 0. The molecule has 3 heterocycles. The van der Waals surface area contributed by atoms with E-state index in [-0.39, 0.29) is 5.41 Å². The first-order valence-corrected chi connectivity index (χ1v) is 8.24. The fraction of sp³-hybridized carbons (Fsp3) is 0.562. The van der Waals surface area contributed by atoms with Gasteiger partial charge in [0.1, 0.15) is 0 Å². The molecule has 0 saturated carbocycles. The highest BCUT2D eigenvalue weighted by atomic mass is 32.1. The number of nitrogens with one attached hydrogen (secondary N) is 1. The summed E-state index contributed by atoms with van der Waals surface area (Å²) in [5, 5.41) is 3.47. The summed E-state index contributed by atoms with van der Waals surface area (Å²) >= 11 is 1.79. The number of likely N-dealkylation sites (tertiary alicyclic amines) is 1. The van der Waals surface area contributed by atoms with E-state index in [1.807, 2.05) is 6.20 Å². The van der Waals surface area contributed by atoms with Crippen molar-refractivity contribution in [2.24, 2.45) is 0 Å². The molecule has 0 amide bonds. The smallest absolute Gasteiger partial charge is 0.0982 e. The molecule has 0 aromatic carbocycles. The zero-order chi connectivity index (χ0) is 14.2. The van der Waals surface area contributed by atoms with Crippen molar-refractivity contribution in [3.8, 4) is 0 Å². The Labute approximate surface area is 125 Å². The number of nitrogens with zero attached hydrogens (tertiary/aromatic N) is 2. The lowest BCUT2D eigenvalue weighted by atomic mass is 9.98. The highest BCUT2D eigenvalue weighted by Crippen LogP contribution is 2.33. The van der Waals surface area contributed by atoms with E-state index in [0.29, 0.717) is 6.04 Å². The second-order valence-electron chi connectivity index (χ2n) is 6.65. The van der Waals surface area contributed by atoms with Gasteiger partial charge in [-0.15, -0.1) is 11.3 Å². The van der Waals surface area contributed by atoms with Crippen LogP contribution >= 0.6 is 11.3 Å². The van der Waals surface area contributed by atoms with Crippen LogP contribution in [0.15, 0.2) is 23.7 Å². The van der Waals surface area contributed by atoms with Gasteiger partial charge in [-0.05, 0) is 31.5 Å². The SMILES string of the molecule is CC(C)(C)c1nc(CN2CCC[C@@H]2c2ccc[nH]2)cs1. The van der Waals surface area contributed by atoms with Crippen LogP contribution in [-0.4, -0.2) is 21.4 Å². The van der Waals surface area contributed by atoms with Crippen molar-refractivity contribution in [3.05, 3.63) is 40.1 Å². The minimum Gasteiger partial charge on any atom is -0.364 e. The van der Waals surface area contributed by atoms with Gasteiger partial charge in [0.05, 0.1) is 16.7 Å². The molecule has 3 rings (SSSR count). The molecule has 2 aromatic heterocycles. The summed E-state index contributed by atoms with van der Waals surface area (Å²) in [6.45, 7) is 8.83. The third-order valence-electron chi connectivity index (χ3n) is 3.90. The van der Waals surface area contributed by atoms with Crippen LogP contribution in [0.5, 0.6) is 0 Å². The predicted molar refractivity (Wildman–Crippen MR) is 84.0 cm³/mol. The highest BCUT2D eigenvalue weighted by molar-refractivity contribution is 7.09. The lowest BCUT2D eigenvalue weighted by molar-refractivity contribution is 0.242. The van der Waals surface area contributed by atoms with Crippen molar-refractivity contribution in [1.29, 1.82) is 0 Å². The molecule has 2 aromatic rings. The van der Waals surface area contributed by atoms with E-state index in [0.717, 1.165) is 6.54 Å². The fourth-order valence-corrected chi connectivity index (χ4v) is 3.75. The maximum atomic E-state index is 4.83. The Hall–Kier alpha value is -1.13. The molecular weight excluding hydrogens is 266 g/mol. The summed E-state index contributed by atoms with van der Waals surface area (Å²) in [4.78, 5) is 10.7. The molecule has 0 bridgehead atoms. The molecular formula is C16H23N3S. The van der Waals surface area contributed by atoms with Crippen molar-refractivity contribution in [1.82, 2.24) is 14.9 Å². The number of hydrogen-bond donors (Lipinski definition) is 1. The Bertz CT molecular complexity index is 551. The molecule has 1 fully saturated rings. The van der Waals surface area contributed by atoms with Crippen LogP contribution in [0, 0.1) is 0 Å². The normalized spacial score (nSPS) is 20.6. The van der Waals surface area contributed by atoms with Crippen LogP contribution in [0.3, 0.4) is 0 Å². The molecule has 0 unspecified atom stereocenters. The standard InChI is InChI=1S/C16H23N3S/c1-16(2,3)15-18-12(11-20-15)10-19-9-5-7-14(19)13-6-4-8-17-13/h4,6,8,11,14,17H,5,7,9-10H2,1-3H3/t14-/m1/s1. The third-order valence-corrected chi connectivity index (χ3v) is 5.22. The van der Waals surface area contributed by atoms with Gasteiger partial charge in [0.15, 0.2) is 0 Å². The lowest BCUT2D eigenvalue weighted by Gasteiger charge is -2.22. The maximum absolute atomic E-state index is 4.83. The van der Waals surface area contributed by atoms with Gasteiger partial charge in [0, 0.05) is 29.2 Å². The highest BCUT2D eigenvalue weighted by Gasteiger charge is 2.27. The van der Waals surface area contributed by atoms with Crippen molar-refractivity contribution < 1.29 is 0 Å². The molecule has 108 valence electrons. The zero-order valence-electron chi connectivity index (χ0n) is 12.5. The molecule has 4 heteroatoms. The second-order valence-corrected chi connectivity index (χ2v) is 7.51. The van der Waals surface area contributed by atoms with E-state index in [4.69, 9.17) is 4.98 Å². The molecule has 1 atom stereocenters. The van der Waals surface area contributed by atoms with Gasteiger partial charge in [-0.3, -0.25) is 4.90 Å². The van der Waals surface area contributed by atoms with Crippen LogP contribution in [-0.2, 0) is 12.0 Å². The Morgan fingerprint density at radius 1 is 1.45 bits per heavy atom. The van der Waals surface area contributed by atoms with Crippen molar-refractivity contribution in [2.45, 2.75) is 51.6 Å². The van der Waals surface area contributed by atoms with Crippen LogP contribution in [0.25, 0.3) is 0 Å². The van der Waals surface area contributed by atoms with Gasteiger partial charge < -0.3 is 4.98 Å². The first-order chi connectivity index (χ1) is 9.54. The predicted octanol–water partition coefficient (Wildman–Crippen LogP) is 4.11. The summed E-state index contributed by atoms with van der Waals surface area (Å²) in [5.74, 6) is 0. The number of thiazole rings is 1. The van der Waals surface area contributed by atoms with Crippen LogP contribution < -0.4 is 0 Å². The van der Waals surface area contributed by atoms with Gasteiger partial charge in [0.25, 0.3) is 0 Å². The van der Waals surface area contributed by atoms with Gasteiger partial charge in [-0.25, -0.2) is 4.98 Å². The molecule has 0 radical (unpaired) electrons. The van der Waals surface area contributed by atoms with E-state index < -0.39 is 0 Å². The number of H-pyrrole nitrogens is 1. The Morgan fingerprint density at radius 2 is 2.30 bits per heavy atom. The van der Waals surface area contributed by atoms with Gasteiger partial charge in [-0.2, -0.15) is 0 Å². The first-order valence-electron chi connectivity index (χ1n) is 7.36. The third kappa shape index (κ3) is 2.81. The number of hydrogen-bond acceptors (Lipinski definition) is 3. The quantitative estimate of drug-likeness (QED) is 0.922. The molecule has 1 aliphatic heterocycles. The summed E-state index contributed by atoms with van der Waals surface area (Å²) in [6.07, 6.45) is 4.54. The van der Waals surface area contributed by atoms with Crippen LogP contribution in [0.2, 0.25) is 0 Å². The molecule has 1 aliphatic rings. The Kier molecular flexibility index (Phi) is 3.69. The number of aromatic nitrogens is 2. The summed E-state index contributed by atoms with van der Waals surface area (Å²) in [5.41, 5.74) is 2.72. The average molecular weight is 289 g/mol. The van der Waals surface area contributed by atoms with Crippen molar-refractivity contribution in [2.75, 3.05) is 6.54 Å². The topological polar surface area (TPSA) is 31.9 Å². The molecule has 20 heavy (non-hydrogen) atoms. The maximum Gasteiger partial charge on any atom is 0.0982 e. The molecule has 1 saturated heterocycles. The Balaban J connectivity index is 1.72. The number of aromatic amines is 1. The minimum atomic E-state index is 0.160. The van der Waals surface area contributed by atoms with E-state index >= 15 is 0 Å². The van der Waals surface area contributed by atoms with Gasteiger partial charge in [0.2, 0.25) is 0 Å². The van der Waals surface area contributed by atoms with Gasteiger partial charge >= 0.3 is 0 Å². The summed E-state index contributed by atoms with van der Waals surface area (Å²) < 4.78 is 0. The molecule has 3 nitrogen and oxygen atoms in total. The second kappa shape index (κ2) is 5.34. The largest absolute Gasteiger partial charge is 0.364 e. The van der Waals surface area contributed by atoms with Crippen molar-refractivity contribution in [3.63, 3.8) is 0 Å². The molecule has 1 N–H and O–H groups in total. The summed E-state index contributed by atoms with van der Waals surface area (Å²) in [6, 6.07) is 4.82. The van der Waals surface area contributed by atoms with E-state index in [1.54, 1.807) is 11.3 Å². The Morgan fingerprint density at radius 3 is 2.95 bits per heavy atom. The van der Waals surface area contributed by atoms with Crippen molar-refractivity contribution >= 4 is 11.3 Å². The van der Waals surface area contributed by atoms with E-state index in [1.165, 1.54) is 35.8 Å². The minimum absolute atomic E-state index is 0.160. The fourth-order valence-electron chi connectivity index (χ4n) is 2.85.